The molecule has 1 heterocycles. The summed E-state index contributed by atoms with van der Waals surface area (Å²) in [5.41, 5.74) is -0.224. The van der Waals surface area contributed by atoms with Crippen LogP contribution >= 0.6 is 34.8 Å². The number of urea groups is 1. The molecule has 11 heteroatoms. The third-order valence-corrected chi connectivity index (χ3v) is 6.32. The second-order valence-corrected chi connectivity index (χ2v) is 9.24. The highest BCUT2D eigenvalue weighted by atomic mass is 35.5. The molecule has 0 saturated heterocycles. The predicted molar refractivity (Wildman–Crippen MR) is 134 cm³/mol. The molecule has 7 nitrogen and oxygen atoms in total. The van der Waals surface area contributed by atoms with Crippen LogP contribution in [0.4, 0.5) is 26.6 Å². The minimum Gasteiger partial charge on any atom is -0.388 e. The lowest BCUT2D eigenvalue weighted by atomic mass is 10.0. The highest BCUT2D eigenvalue weighted by molar-refractivity contribution is 6.44. The first kappa shape index (κ1) is 26.0. The fourth-order valence-corrected chi connectivity index (χ4v) is 3.51. The Hall–Kier alpha value is -2.65. The molecular formula is C23H23Cl3FN5O2. The van der Waals surface area contributed by atoms with E-state index in [0.717, 1.165) is 0 Å². The van der Waals surface area contributed by atoms with E-state index in [1.54, 1.807) is 32.9 Å². The van der Waals surface area contributed by atoms with Gasteiger partial charge in [0.2, 0.25) is 5.95 Å². The Morgan fingerprint density at radius 3 is 2.41 bits per heavy atom. The number of carbonyl (C=O) groups is 1. The highest BCUT2D eigenvalue weighted by Crippen LogP contribution is 2.32. The van der Waals surface area contributed by atoms with Gasteiger partial charge in [0.05, 0.1) is 27.4 Å². The van der Waals surface area contributed by atoms with Crippen LogP contribution in [0.25, 0.3) is 0 Å². The molecule has 1 aromatic heterocycles. The van der Waals surface area contributed by atoms with Gasteiger partial charge in [-0.15, -0.1) is 0 Å². The normalized spacial score (nSPS) is 12.2. The molecule has 0 fully saturated rings. The van der Waals surface area contributed by atoms with E-state index < -0.39 is 17.4 Å². The summed E-state index contributed by atoms with van der Waals surface area (Å²) in [6.07, 6.45) is 1.47. The van der Waals surface area contributed by atoms with Gasteiger partial charge >= 0.3 is 6.03 Å². The number of halogens is 4. The van der Waals surface area contributed by atoms with Crippen LogP contribution in [0.5, 0.6) is 0 Å². The van der Waals surface area contributed by atoms with Gasteiger partial charge in [0.15, 0.2) is 0 Å². The van der Waals surface area contributed by atoms with Gasteiger partial charge in [0.1, 0.15) is 11.6 Å². The van der Waals surface area contributed by atoms with E-state index in [1.165, 1.54) is 41.4 Å². The molecule has 3 aromatic rings. The fourth-order valence-electron chi connectivity index (χ4n) is 2.83. The SMILES string of the molecule is C[C@H](Nc1nccc(N(C(=O)NCc2c(Cl)ccc(Cl)c2Cl)c2ccc(F)cc2)n1)C(C)(C)O. The average Bonchev–Trinajstić information content (AvgIpc) is 2.77. The van der Waals surface area contributed by atoms with E-state index in [-0.39, 0.29) is 29.4 Å². The number of benzene rings is 2. The molecule has 0 aliphatic heterocycles. The molecule has 0 bridgehead atoms. The summed E-state index contributed by atoms with van der Waals surface area (Å²) in [5.74, 6) is -0.0357. The summed E-state index contributed by atoms with van der Waals surface area (Å²) in [5, 5.41) is 16.8. The van der Waals surface area contributed by atoms with Gasteiger partial charge in [-0.25, -0.2) is 19.1 Å². The maximum atomic E-state index is 13.5. The van der Waals surface area contributed by atoms with Crippen molar-refractivity contribution in [2.24, 2.45) is 0 Å². The molecule has 3 rings (SSSR count). The van der Waals surface area contributed by atoms with Gasteiger partial charge in [-0.1, -0.05) is 34.8 Å². The average molecular weight is 527 g/mol. The molecule has 3 N–H and O–H groups in total. The van der Waals surface area contributed by atoms with Crippen molar-refractivity contribution in [3.8, 4) is 0 Å². The lowest BCUT2D eigenvalue weighted by molar-refractivity contribution is 0.0646. The van der Waals surface area contributed by atoms with Crippen molar-refractivity contribution in [2.75, 3.05) is 10.2 Å². The van der Waals surface area contributed by atoms with Crippen molar-refractivity contribution in [3.63, 3.8) is 0 Å². The second-order valence-electron chi connectivity index (χ2n) is 8.05. The molecule has 0 saturated carbocycles. The molecule has 0 aliphatic carbocycles. The number of aliphatic hydroxyl groups is 1. The molecule has 180 valence electrons. The zero-order valence-electron chi connectivity index (χ0n) is 18.6. The number of amides is 2. The number of hydrogen-bond donors (Lipinski definition) is 3. The number of anilines is 3. The van der Waals surface area contributed by atoms with E-state index >= 15 is 0 Å². The first-order valence-corrected chi connectivity index (χ1v) is 11.4. The van der Waals surface area contributed by atoms with Crippen LogP contribution in [0.2, 0.25) is 15.1 Å². The van der Waals surface area contributed by atoms with E-state index in [2.05, 4.69) is 20.6 Å². The van der Waals surface area contributed by atoms with Gasteiger partial charge in [-0.2, -0.15) is 4.98 Å². The van der Waals surface area contributed by atoms with E-state index in [1.807, 2.05) is 0 Å². The molecule has 0 spiro atoms. The summed E-state index contributed by atoms with van der Waals surface area (Å²) in [6, 6.07) is 9.08. The Kier molecular flexibility index (Phi) is 8.20. The molecule has 0 aliphatic rings. The van der Waals surface area contributed by atoms with Crippen molar-refractivity contribution < 1.29 is 14.3 Å². The summed E-state index contributed by atoms with van der Waals surface area (Å²) in [4.78, 5) is 23.1. The van der Waals surface area contributed by atoms with Gasteiger partial charge < -0.3 is 15.7 Å². The van der Waals surface area contributed by atoms with Crippen molar-refractivity contribution in [3.05, 3.63) is 75.1 Å². The number of hydrogen-bond acceptors (Lipinski definition) is 5. The highest BCUT2D eigenvalue weighted by Gasteiger charge is 2.25. The Morgan fingerprint density at radius 1 is 1.12 bits per heavy atom. The first-order chi connectivity index (χ1) is 16.0. The number of nitrogens with zero attached hydrogens (tertiary/aromatic N) is 3. The monoisotopic (exact) mass is 525 g/mol. The summed E-state index contributed by atoms with van der Waals surface area (Å²) >= 11 is 18.5. The van der Waals surface area contributed by atoms with Crippen molar-refractivity contribution >= 4 is 58.3 Å². The quantitative estimate of drug-likeness (QED) is 0.319. The van der Waals surface area contributed by atoms with Gasteiger partial charge in [0.25, 0.3) is 0 Å². The first-order valence-electron chi connectivity index (χ1n) is 10.2. The zero-order chi connectivity index (χ0) is 25.0. The van der Waals surface area contributed by atoms with Crippen LogP contribution in [0.1, 0.15) is 26.3 Å². The van der Waals surface area contributed by atoms with Crippen LogP contribution < -0.4 is 15.5 Å². The Bertz CT molecular complexity index is 1170. The maximum Gasteiger partial charge on any atom is 0.327 e. The summed E-state index contributed by atoms with van der Waals surface area (Å²) in [6.45, 7) is 5.07. The van der Waals surface area contributed by atoms with Crippen LogP contribution in [0.3, 0.4) is 0 Å². The molecule has 0 unspecified atom stereocenters. The van der Waals surface area contributed by atoms with Crippen LogP contribution in [0, 0.1) is 5.82 Å². The fraction of sp³-hybridized carbons (Fsp3) is 0.261. The third-order valence-electron chi connectivity index (χ3n) is 5.12. The molecule has 1 atom stereocenters. The van der Waals surface area contributed by atoms with Crippen molar-refractivity contribution in [1.82, 2.24) is 15.3 Å². The smallest absolute Gasteiger partial charge is 0.327 e. The van der Waals surface area contributed by atoms with Gasteiger partial charge in [-0.05, 0) is 57.2 Å². The van der Waals surface area contributed by atoms with Crippen molar-refractivity contribution in [1.29, 1.82) is 0 Å². The lowest BCUT2D eigenvalue weighted by Crippen LogP contribution is -2.40. The predicted octanol–water partition coefficient (Wildman–Crippen LogP) is 6.20. The zero-order valence-corrected chi connectivity index (χ0v) is 20.9. The molecule has 34 heavy (non-hydrogen) atoms. The largest absolute Gasteiger partial charge is 0.388 e. The molecular weight excluding hydrogens is 504 g/mol. The van der Waals surface area contributed by atoms with Crippen LogP contribution in [0.15, 0.2) is 48.7 Å². The number of aromatic nitrogens is 2. The Labute approximate surface area is 211 Å². The third kappa shape index (κ3) is 6.27. The van der Waals surface area contributed by atoms with Crippen LogP contribution in [-0.4, -0.2) is 32.7 Å². The maximum absolute atomic E-state index is 13.5. The topological polar surface area (TPSA) is 90.4 Å². The minimum absolute atomic E-state index is 0.0132. The Morgan fingerprint density at radius 2 is 1.76 bits per heavy atom. The van der Waals surface area contributed by atoms with E-state index in [4.69, 9.17) is 34.8 Å². The molecule has 2 amide bonds. The van der Waals surface area contributed by atoms with Crippen molar-refractivity contribution in [2.45, 2.75) is 39.0 Å². The number of rotatable bonds is 7. The summed E-state index contributed by atoms with van der Waals surface area (Å²) < 4.78 is 13.5. The summed E-state index contributed by atoms with van der Waals surface area (Å²) in [7, 11) is 0. The standard InChI is InChI=1S/C23H23Cl3FN5O2/c1-13(23(2,3)34)30-21-28-11-10-19(31-21)32(15-6-4-14(27)5-7-15)22(33)29-12-16-17(24)8-9-18(25)20(16)26/h4-11,13,34H,12H2,1-3H3,(H,29,33)(H,28,30,31)/t13-/m0/s1. The molecule has 2 aromatic carbocycles. The minimum atomic E-state index is -1.04. The number of nitrogens with one attached hydrogen (secondary N) is 2. The Balaban J connectivity index is 1.92. The van der Waals surface area contributed by atoms with Gasteiger partial charge in [-0.3, -0.25) is 0 Å². The van der Waals surface area contributed by atoms with Gasteiger partial charge in [0, 0.05) is 29.4 Å². The molecule has 0 radical (unpaired) electrons. The van der Waals surface area contributed by atoms with E-state index in [0.29, 0.717) is 21.3 Å². The second kappa shape index (κ2) is 10.7. The number of carbonyl (C=O) groups excluding carboxylic acids is 1. The van der Waals surface area contributed by atoms with Crippen LogP contribution in [-0.2, 0) is 6.54 Å². The van der Waals surface area contributed by atoms with E-state index in [9.17, 15) is 14.3 Å². The lowest BCUT2D eigenvalue weighted by Gasteiger charge is -2.27.